The summed E-state index contributed by atoms with van der Waals surface area (Å²) in [6, 6.07) is 71.9. The van der Waals surface area contributed by atoms with Crippen LogP contribution >= 0.6 is 11.3 Å². The van der Waals surface area contributed by atoms with Crippen LogP contribution in [-0.2, 0) is 0 Å². The Bertz CT molecular complexity index is 3180. The second-order valence-electron chi connectivity index (χ2n) is 14.0. The van der Waals surface area contributed by atoms with Crippen molar-refractivity contribution in [2.45, 2.75) is 0 Å². The number of rotatable bonds is 6. The maximum Gasteiger partial charge on any atom is 0.159 e. The first-order valence-corrected chi connectivity index (χ1v) is 19.5. The third-order valence-electron chi connectivity index (χ3n) is 10.9. The molecule has 3 heteroatoms. The maximum atomic E-state index is 7.24. The van der Waals surface area contributed by atoms with Gasteiger partial charge in [-0.3, -0.25) is 0 Å². The van der Waals surface area contributed by atoms with Crippen LogP contribution in [0.3, 0.4) is 0 Å². The Hall–Kier alpha value is -6.94. The first-order chi connectivity index (χ1) is 27.3. The maximum absolute atomic E-state index is 7.24. The predicted molar refractivity (Wildman–Crippen MR) is 235 cm³/mol. The molecule has 0 radical (unpaired) electrons. The Morgan fingerprint density at radius 3 is 1.64 bits per heavy atom. The second-order valence-corrected chi connectivity index (χ2v) is 15.1. The van der Waals surface area contributed by atoms with Crippen molar-refractivity contribution in [3.63, 3.8) is 0 Å². The van der Waals surface area contributed by atoms with Gasteiger partial charge in [-0.15, -0.1) is 11.3 Å². The molecule has 2 nitrogen and oxygen atoms in total. The summed E-state index contributed by atoms with van der Waals surface area (Å²) in [5.74, 6) is 0. The highest BCUT2D eigenvalue weighted by Gasteiger charge is 2.24. The van der Waals surface area contributed by atoms with Gasteiger partial charge >= 0.3 is 0 Å². The topological polar surface area (TPSA) is 16.4 Å². The Kier molecular flexibility index (Phi) is 7.39. The fourth-order valence-electron chi connectivity index (χ4n) is 8.25. The number of fused-ring (bicyclic) bond motifs is 7. The van der Waals surface area contributed by atoms with Crippen molar-refractivity contribution in [1.82, 2.24) is 0 Å². The van der Waals surface area contributed by atoms with Gasteiger partial charge in [-0.05, 0) is 75.0 Å². The van der Waals surface area contributed by atoms with E-state index in [4.69, 9.17) is 4.42 Å². The van der Waals surface area contributed by atoms with E-state index in [1.165, 1.54) is 53.2 Å². The normalized spacial score (nSPS) is 11.6. The molecule has 0 saturated heterocycles. The van der Waals surface area contributed by atoms with Gasteiger partial charge in [0, 0.05) is 37.5 Å². The molecule has 0 amide bonds. The van der Waals surface area contributed by atoms with Gasteiger partial charge in [-0.2, -0.15) is 0 Å². The second kappa shape index (κ2) is 12.9. The van der Waals surface area contributed by atoms with E-state index in [0.717, 1.165) is 50.1 Å². The molecule has 0 N–H and O–H groups in total. The van der Waals surface area contributed by atoms with Crippen LogP contribution in [0.2, 0.25) is 0 Å². The molecule has 11 aromatic rings. The van der Waals surface area contributed by atoms with E-state index in [-0.39, 0.29) is 0 Å². The molecule has 0 fully saturated rings. The number of nitrogens with zero attached hydrogens (tertiary/aromatic N) is 1. The molecular formula is C52H33NOS. The van der Waals surface area contributed by atoms with E-state index in [2.05, 4.69) is 205 Å². The van der Waals surface area contributed by atoms with E-state index in [1.807, 2.05) is 11.3 Å². The van der Waals surface area contributed by atoms with Crippen molar-refractivity contribution in [1.29, 1.82) is 0 Å². The number of benzene rings is 9. The summed E-state index contributed by atoms with van der Waals surface area (Å²) in [6.45, 7) is 0. The van der Waals surface area contributed by atoms with E-state index in [0.29, 0.717) is 0 Å². The van der Waals surface area contributed by atoms with Crippen LogP contribution in [0.4, 0.5) is 17.1 Å². The average Bonchev–Trinajstić information content (AvgIpc) is 3.83. The van der Waals surface area contributed by atoms with Gasteiger partial charge in [-0.25, -0.2) is 0 Å². The van der Waals surface area contributed by atoms with Gasteiger partial charge in [0.25, 0.3) is 0 Å². The van der Waals surface area contributed by atoms with Gasteiger partial charge in [0.2, 0.25) is 0 Å². The molecule has 0 atom stereocenters. The van der Waals surface area contributed by atoms with Crippen molar-refractivity contribution >= 4 is 81.3 Å². The minimum atomic E-state index is 0.861. The van der Waals surface area contributed by atoms with Crippen LogP contribution in [0.25, 0.3) is 86.3 Å². The smallest absolute Gasteiger partial charge is 0.159 e. The predicted octanol–water partition coefficient (Wildman–Crippen LogP) is 15.6. The highest BCUT2D eigenvalue weighted by molar-refractivity contribution is 7.26. The molecule has 0 bridgehead atoms. The summed E-state index contributed by atoms with van der Waals surface area (Å²) in [5.41, 5.74) is 12.0. The van der Waals surface area contributed by atoms with E-state index in [1.54, 1.807) is 0 Å². The molecule has 11 rings (SSSR count). The van der Waals surface area contributed by atoms with Crippen molar-refractivity contribution in [3.05, 3.63) is 200 Å². The van der Waals surface area contributed by atoms with E-state index in [9.17, 15) is 0 Å². The van der Waals surface area contributed by atoms with Crippen LogP contribution in [0, 0.1) is 0 Å². The molecule has 0 saturated carbocycles. The lowest BCUT2D eigenvalue weighted by Gasteiger charge is -2.26. The van der Waals surface area contributed by atoms with E-state index < -0.39 is 0 Å². The van der Waals surface area contributed by atoms with Crippen LogP contribution in [0.1, 0.15) is 0 Å². The fourth-order valence-corrected chi connectivity index (χ4v) is 9.46. The van der Waals surface area contributed by atoms with Gasteiger partial charge < -0.3 is 9.32 Å². The molecule has 55 heavy (non-hydrogen) atoms. The third-order valence-corrected chi connectivity index (χ3v) is 12.1. The van der Waals surface area contributed by atoms with Crippen molar-refractivity contribution < 1.29 is 4.42 Å². The number of furan rings is 1. The molecule has 0 aliphatic rings. The molecule has 0 aliphatic heterocycles. The van der Waals surface area contributed by atoms with Crippen LogP contribution in [0.15, 0.2) is 205 Å². The number of thiophene rings is 1. The SMILES string of the molecule is c1ccc(-c2ccc(-c3c4ccccc4cc4c3oc3c(N(c5ccc(-c6ccccc6)cc5)c5cccc6c5sc5ccccc56)cccc34)cc2)cc1. The Balaban J connectivity index is 1.16. The molecule has 0 spiro atoms. The van der Waals surface area contributed by atoms with Crippen molar-refractivity contribution in [2.24, 2.45) is 0 Å². The fraction of sp³-hybridized carbons (Fsp3) is 0. The van der Waals surface area contributed by atoms with Gasteiger partial charge in [0.05, 0.1) is 16.1 Å². The lowest BCUT2D eigenvalue weighted by atomic mass is 9.94. The Morgan fingerprint density at radius 2 is 0.909 bits per heavy atom. The first kappa shape index (κ1) is 31.6. The zero-order valence-corrected chi connectivity index (χ0v) is 30.6. The standard InChI is InChI=1S/C52H33NOS/c1-3-13-34(14-4-1)36-25-27-38(28-26-36)49-41-18-8-7-17-39(41)33-45-43-20-11-22-46(50(43)54-51(45)49)53(40-31-29-37(30-32-40)35-15-5-2-6-16-35)47-23-12-21-44-42-19-9-10-24-48(42)55-52(44)47/h1-33H. The first-order valence-electron chi connectivity index (χ1n) is 18.7. The third kappa shape index (κ3) is 5.24. The Labute approximate surface area is 322 Å². The molecule has 0 unspecified atom stereocenters. The zero-order chi connectivity index (χ0) is 36.3. The number of para-hydroxylation sites is 1. The highest BCUT2D eigenvalue weighted by atomic mass is 32.1. The summed E-state index contributed by atoms with van der Waals surface area (Å²) in [6.07, 6.45) is 0. The monoisotopic (exact) mass is 719 g/mol. The summed E-state index contributed by atoms with van der Waals surface area (Å²) in [4.78, 5) is 2.39. The minimum absolute atomic E-state index is 0.861. The summed E-state index contributed by atoms with van der Waals surface area (Å²) >= 11 is 1.84. The number of anilines is 3. The van der Waals surface area contributed by atoms with Crippen LogP contribution in [-0.4, -0.2) is 0 Å². The van der Waals surface area contributed by atoms with Gasteiger partial charge in [0.15, 0.2) is 5.58 Å². The molecule has 258 valence electrons. The van der Waals surface area contributed by atoms with Crippen LogP contribution < -0.4 is 4.90 Å². The number of hydrogen-bond donors (Lipinski definition) is 0. The summed E-state index contributed by atoms with van der Waals surface area (Å²) in [5, 5.41) is 7.10. The summed E-state index contributed by atoms with van der Waals surface area (Å²) < 4.78 is 9.76. The largest absolute Gasteiger partial charge is 0.453 e. The quantitative estimate of drug-likeness (QED) is 0.170. The van der Waals surface area contributed by atoms with Gasteiger partial charge in [-0.1, -0.05) is 164 Å². The average molecular weight is 720 g/mol. The van der Waals surface area contributed by atoms with Crippen molar-refractivity contribution in [2.75, 3.05) is 4.90 Å². The number of hydrogen-bond acceptors (Lipinski definition) is 3. The van der Waals surface area contributed by atoms with Gasteiger partial charge in [0.1, 0.15) is 5.58 Å². The Morgan fingerprint density at radius 1 is 0.364 bits per heavy atom. The highest BCUT2D eigenvalue weighted by Crippen LogP contribution is 2.49. The molecule has 2 heterocycles. The minimum Gasteiger partial charge on any atom is -0.453 e. The van der Waals surface area contributed by atoms with Crippen molar-refractivity contribution in [3.8, 4) is 33.4 Å². The lowest BCUT2D eigenvalue weighted by molar-refractivity contribution is 0.670. The summed E-state index contributed by atoms with van der Waals surface area (Å²) in [7, 11) is 0. The molecule has 2 aromatic heterocycles. The molecular weight excluding hydrogens is 687 g/mol. The molecule has 0 aliphatic carbocycles. The van der Waals surface area contributed by atoms with E-state index >= 15 is 0 Å². The van der Waals surface area contributed by atoms with Crippen LogP contribution in [0.5, 0.6) is 0 Å². The lowest BCUT2D eigenvalue weighted by Crippen LogP contribution is -2.10. The zero-order valence-electron chi connectivity index (χ0n) is 29.8. The molecule has 9 aromatic carbocycles.